The van der Waals surface area contributed by atoms with E-state index in [1.807, 2.05) is 0 Å². The van der Waals surface area contributed by atoms with Crippen LogP contribution in [0.4, 0.5) is 8.78 Å². The summed E-state index contributed by atoms with van der Waals surface area (Å²) in [6.07, 6.45) is 0.431. The number of benzene rings is 2. The Labute approximate surface area is 114 Å². The summed E-state index contributed by atoms with van der Waals surface area (Å²) in [6, 6.07) is 10.4. The molecule has 0 aromatic heterocycles. The monoisotopic (exact) mass is 286 g/mol. The smallest absolute Gasteiger partial charge is 0.129 e. The lowest BCUT2D eigenvalue weighted by Crippen LogP contribution is -1.99. The Morgan fingerprint density at radius 2 is 1.67 bits per heavy atom. The third kappa shape index (κ3) is 3.21. The first-order valence-corrected chi connectivity index (χ1v) is 6.21. The van der Waals surface area contributed by atoms with Crippen LogP contribution in [-0.4, -0.2) is 0 Å². The zero-order valence-electron chi connectivity index (χ0n) is 9.34. The Hall–Kier alpha value is -1.12. The van der Waals surface area contributed by atoms with E-state index in [9.17, 15) is 8.78 Å². The Morgan fingerprint density at radius 1 is 1.00 bits per heavy atom. The molecule has 18 heavy (non-hydrogen) atoms. The van der Waals surface area contributed by atoms with Crippen LogP contribution in [-0.2, 0) is 6.42 Å². The number of rotatable bonds is 3. The average molecular weight is 287 g/mol. The minimum Gasteiger partial charge on any atom is -0.207 e. The van der Waals surface area contributed by atoms with E-state index in [4.69, 9.17) is 23.2 Å². The number of halogens is 4. The highest BCUT2D eigenvalue weighted by Gasteiger charge is 2.14. The number of alkyl halides is 1. The van der Waals surface area contributed by atoms with Gasteiger partial charge in [-0.3, -0.25) is 0 Å². The van der Waals surface area contributed by atoms with Gasteiger partial charge in [-0.2, -0.15) is 0 Å². The number of hydrogen-bond acceptors (Lipinski definition) is 0. The molecule has 4 heteroatoms. The fraction of sp³-hybridized carbons (Fsp3) is 0.143. The number of hydrogen-bond donors (Lipinski definition) is 0. The molecule has 0 spiro atoms. The predicted octanol–water partition coefficient (Wildman–Crippen LogP) is 5.14. The van der Waals surface area contributed by atoms with Gasteiger partial charge < -0.3 is 0 Å². The second-order valence-electron chi connectivity index (χ2n) is 3.96. The van der Waals surface area contributed by atoms with Gasteiger partial charge in [0.1, 0.15) is 11.6 Å². The standard InChI is InChI=1S/C14H10Cl2F2/c15-10-3-6-12(14(18)8-10)13(16)7-9-1-4-11(17)5-2-9/h1-6,8,13H,7H2. The molecule has 0 heterocycles. The van der Waals surface area contributed by atoms with E-state index in [0.717, 1.165) is 5.56 Å². The van der Waals surface area contributed by atoms with Crippen molar-refractivity contribution < 1.29 is 8.78 Å². The molecule has 0 radical (unpaired) electrons. The lowest BCUT2D eigenvalue weighted by atomic mass is 10.0. The Bertz CT molecular complexity index is 538. The van der Waals surface area contributed by atoms with Crippen LogP contribution in [0.15, 0.2) is 42.5 Å². The van der Waals surface area contributed by atoms with Crippen LogP contribution in [0, 0.1) is 11.6 Å². The van der Waals surface area contributed by atoms with Gasteiger partial charge in [-0.05, 0) is 36.2 Å². The summed E-state index contributed by atoms with van der Waals surface area (Å²) in [7, 11) is 0. The summed E-state index contributed by atoms with van der Waals surface area (Å²) < 4.78 is 26.4. The second-order valence-corrected chi connectivity index (χ2v) is 4.93. The zero-order valence-corrected chi connectivity index (χ0v) is 10.8. The maximum Gasteiger partial charge on any atom is 0.129 e. The molecule has 2 aromatic carbocycles. The van der Waals surface area contributed by atoms with E-state index in [1.165, 1.54) is 18.2 Å². The van der Waals surface area contributed by atoms with Crippen molar-refractivity contribution in [1.29, 1.82) is 0 Å². The summed E-state index contributed by atoms with van der Waals surface area (Å²) in [6.45, 7) is 0. The van der Waals surface area contributed by atoms with Gasteiger partial charge >= 0.3 is 0 Å². The molecule has 0 bridgehead atoms. The average Bonchev–Trinajstić information content (AvgIpc) is 2.32. The van der Waals surface area contributed by atoms with Gasteiger partial charge in [0.15, 0.2) is 0 Å². The van der Waals surface area contributed by atoms with Gasteiger partial charge in [0.25, 0.3) is 0 Å². The molecular weight excluding hydrogens is 277 g/mol. The van der Waals surface area contributed by atoms with E-state index >= 15 is 0 Å². The molecule has 0 fully saturated rings. The molecule has 0 nitrogen and oxygen atoms in total. The summed E-state index contributed by atoms with van der Waals surface area (Å²) in [5.41, 5.74) is 1.25. The highest BCUT2D eigenvalue weighted by molar-refractivity contribution is 6.30. The van der Waals surface area contributed by atoms with E-state index in [1.54, 1.807) is 24.3 Å². The first-order chi connectivity index (χ1) is 8.56. The first-order valence-electron chi connectivity index (χ1n) is 5.40. The second kappa shape index (κ2) is 5.68. The molecular formula is C14H10Cl2F2. The van der Waals surface area contributed by atoms with Gasteiger partial charge in [-0.1, -0.05) is 29.8 Å². The summed E-state index contributed by atoms with van der Waals surface area (Å²) >= 11 is 11.8. The summed E-state index contributed by atoms with van der Waals surface area (Å²) in [5, 5.41) is -0.172. The molecule has 0 saturated carbocycles. The van der Waals surface area contributed by atoms with Crippen LogP contribution >= 0.6 is 23.2 Å². The summed E-state index contributed by atoms with van der Waals surface area (Å²) in [4.78, 5) is 0. The highest BCUT2D eigenvalue weighted by atomic mass is 35.5. The molecule has 2 aromatic rings. The van der Waals surface area contributed by atoms with Crippen molar-refractivity contribution in [3.63, 3.8) is 0 Å². The minimum absolute atomic E-state index is 0.303. The van der Waals surface area contributed by atoms with Crippen LogP contribution in [0.5, 0.6) is 0 Å². The van der Waals surface area contributed by atoms with E-state index < -0.39 is 11.2 Å². The van der Waals surface area contributed by atoms with E-state index in [0.29, 0.717) is 17.0 Å². The van der Waals surface area contributed by atoms with Crippen molar-refractivity contribution in [2.75, 3.05) is 0 Å². The zero-order chi connectivity index (χ0) is 13.1. The van der Waals surface area contributed by atoms with Crippen molar-refractivity contribution in [1.82, 2.24) is 0 Å². The molecule has 0 amide bonds. The SMILES string of the molecule is Fc1ccc(CC(Cl)c2ccc(Cl)cc2F)cc1. The Balaban J connectivity index is 2.16. The Kier molecular flexibility index (Phi) is 4.20. The maximum atomic E-state index is 13.6. The largest absolute Gasteiger partial charge is 0.207 e. The normalized spacial score (nSPS) is 12.4. The van der Waals surface area contributed by atoms with Crippen molar-refractivity contribution >= 4 is 23.2 Å². The quantitative estimate of drug-likeness (QED) is 0.685. The molecule has 2 rings (SSSR count). The molecule has 0 N–H and O–H groups in total. The third-order valence-electron chi connectivity index (χ3n) is 2.63. The molecule has 1 unspecified atom stereocenters. The topological polar surface area (TPSA) is 0 Å². The molecule has 0 saturated heterocycles. The Morgan fingerprint density at radius 3 is 2.28 bits per heavy atom. The maximum absolute atomic E-state index is 13.6. The molecule has 1 atom stereocenters. The minimum atomic E-state index is -0.507. The van der Waals surface area contributed by atoms with Crippen molar-refractivity contribution in [2.45, 2.75) is 11.8 Å². The molecule has 0 aliphatic carbocycles. The summed E-state index contributed by atoms with van der Waals surface area (Å²) in [5.74, 6) is -0.729. The fourth-order valence-electron chi connectivity index (χ4n) is 1.69. The van der Waals surface area contributed by atoms with Gasteiger partial charge in [0.2, 0.25) is 0 Å². The van der Waals surface area contributed by atoms with Crippen LogP contribution in [0.3, 0.4) is 0 Å². The van der Waals surface area contributed by atoms with Crippen LogP contribution in [0.1, 0.15) is 16.5 Å². The van der Waals surface area contributed by atoms with Gasteiger partial charge in [0, 0.05) is 10.6 Å². The molecule has 0 aliphatic rings. The molecule has 0 aliphatic heterocycles. The van der Waals surface area contributed by atoms with Crippen LogP contribution < -0.4 is 0 Å². The first kappa shape index (κ1) is 13.3. The predicted molar refractivity (Wildman–Crippen MR) is 70.1 cm³/mol. The van der Waals surface area contributed by atoms with Gasteiger partial charge in [0.05, 0.1) is 5.38 Å². The van der Waals surface area contributed by atoms with E-state index in [-0.39, 0.29) is 5.82 Å². The van der Waals surface area contributed by atoms with Crippen molar-refractivity contribution in [3.05, 3.63) is 70.2 Å². The third-order valence-corrected chi connectivity index (χ3v) is 3.25. The lowest BCUT2D eigenvalue weighted by molar-refractivity contribution is 0.605. The lowest BCUT2D eigenvalue weighted by Gasteiger charge is -2.11. The van der Waals surface area contributed by atoms with Crippen molar-refractivity contribution in [2.24, 2.45) is 0 Å². The van der Waals surface area contributed by atoms with Crippen LogP contribution in [0.2, 0.25) is 5.02 Å². The van der Waals surface area contributed by atoms with Crippen molar-refractivity contribution in [3.8, 4) is 0 Å². The fourth-order valence-corrected chi connectivity index (χ4v) is 2.21. The van der Waals surface area contributed by atoms with Gasteiger partial charge in [-0.25, -0.2) is 8.78 Å². The van der Waals surface area contributed by atoms with Gasteiger partial charge in [-0.15, -0.1) is 11.6 Å². The van der Waals surface area contributed by atoms with E-state index in [2.05, 4.69) is 0 Å². The molecule has 94 valence electrons. The van der Waals surface area contributed by atoms with Crippen LogP contribution in [0.25, 0.3) is 0 Å². The highest BCUT2D eigenvalue weighted by Crippen LogP contribution is 2.28.